The molecule has 0 aliphatic heterocycles. The molecule has 2 heterocycles. The maximum Gasteiger partial charge on any atom is 0.150 e. The zero-order chi connectivity index (χ0) is 15.3. The van der Waals surface area contributed by atoms with Gasteiger partial charge >= 0.3 is 0 Å². The molecule has 2 N–H and O–H groups in total. The number of halogens is 2. The maximum atomic E-state index is 6.34. The lowest BCUT2D eigenvalue weighted by molar-refractivity contribution is 0.996. The summed E-state index contributed by atoms with van der Waals surface area (Å²) in [6.07, 6.45) is 0. The Balaban J connectivity index is 2.48. The summed E-state index contributed by atoms with van der Waals surface area (Å²) in [5.41, 5.74) is 9.66. The summed E-state index contributed by atoms with van der Waals surface area (Å²) in [5, 5.41) is 2.08. The number of aromatic nitrogens is 3. The Morgan fingerprint density at radius 2 is 1.81 bits per heavy atom. The number of aryl methyl sites for hydroxylation is 2. The fourth-order valence-electron chi connectivity index (χ4n) is 2.56. The van der Waals surface area contributed by atoms with Crippen LogP contribution in [-0.4, -0.2) is 14.5 Å². The van der Waals surface area contributed by atoms with Crippen LogP contribution in [0.3, 0.4) is 0 Å². The van der Waals surface area contributed by atoms with Gasteiger partial charge in [0.1, 0.15) is 11.6 Å². The van der Waals surface area contributed by atoms with Crippen molar-refractivity contribution in [2.45, 2.75) is 20.8 Å². The van der Waals surface area contributed by atoms with E-state index >= 15 is 0 Å². The third-order valence-electron chi connectivity index (χ3n) is 3.64. The summed E-state index contributed by atoms with van der Waals surface area (Å²) in [6.45, 7) is 5.82. The predicted molar refractivity (Wildman–Crippen MR) is 87.5 cm³/mol. The number of hydrogen-bond donors (Lipinski definition) is 1. The van der Waals surface area contributed by atoms with Gasteiger partial charge in [-0.15, -0.1) is 0 Å². The highest BCUT2D eigenvalue weighted by Gasteiger charge is 2.18. The van der Waals surface area contributed by atoms with Crippen molar-refractivity contribution in [3.63, 3.8) is 0 Å². The molecule has 21 heavy (non-hydrogen) atoms. The summed E-state index contributed by atoms with van der Waals surface area (Å²) in [5.74, 6) is 1.10. The third kappa shape index (κ3) is 2.15. The first kappa shape index (κ1) is 14.2. The quantitative estimate of drug-likeness (QED) is 0.729. The largest absolute Gasteiger partial charge is 0.383 e. The van der Waals surface area contributed by atoms with Gasteiger partial charge in [-0.25, -0.2) is 9.97 Å². The molecule has 108 valence electrons. The number of nitrogens with two attached hydrogens (primary N) is 1. The molecule has 0 amide bonds. The van der Waals surface area contributed by atoms with Crippen LogP contribution in [0.15, 0.2) is 18.2 Å². The number of hydrogen-bond acceptors (Lipinski definition) is 3. The second-order valence-electron chi connectivity index (χ2n) is 5.00. The van der Waals surface area contributed by atoms with Gasteiger partial charge in [-0.2, -0.15) is 0 Å². The van der Waals surface area contributed by atoms with Crippen molar-refractivity contribution in [3.8, 4) is 5.69 Å². The molecule has 1 aromatic carbocycles. The smallest absolute Gasteiger partial charge is 0.150 e. The average molecular weight is 321 g/mol. The zero-order valence-corrected chi connectivity index (χ0v) is 13.4. The van der Waals surface area contributed by atoms with Gasteiger partial charge in [-0.05, 0) is 44.5 Å². The second kappa shape index (κ2) is 4.90. The van der Waals surface area contributed by atoms with Crippen molar-refractivity contribution in [2.24, 2.45) is 0 Å². The second-order valence-corrected chi connectivity index (χ2v) is 5.84. The molecule has 0 fully saturated rings. The summed E-state index contributed by atoms with van der Waals surface area (Å²) in [4.78, 5) is 8.78. The molecule has 0 saturated heterocycles. The molecule has 0 spiro atoms. The highest BCUT2D eigenvalue weighted by Crippen LogP contribution is 2.34. The van der Waals surface area contributed by atoms with Crippen molar-refractivity contribution >= 4 is 40.1 Å². The molecular formula is C15H14Cl2N4. The minimum absolute atomic E-state index is 0.481. The Bertz CT molecular complexity index is 868. The van der Waals surface area contributed by atoms with E-state index in [0.717, 1.165) is 28.0 Å². The minimum atomic E-state index is 0.481. The van der Waals surface area contributed by atoms with E-state index in [1.165, 1.54) is 0 Å². The maximum absolute atomic E-state index is 6.34. The van der Waals surface area contributed by atoms with Gasteiger partial charge in [-0.1, -0.05) is 23.2 Å². The van der Waals surface area contributed by atoms with E-state index in [4.69, 9.17) is 28.9 Å². The lowest BCUT2D eigenvalue weighted by Crippen LogP contribution is -2.02. The Kier molecular flexibility index (Phi) is 3.30. The van der Waals surface area contributed by atoms with Gasteiger partial charge in [0.2, 0.25) is 0 Å². The number of nitrogen functional groups attached to an aromatic ring is 1. The SMILES string of the molecule is Cc1nc(N)c2c(C)c(C)n(-c3cc(Cl)ccc3Cl)c2n1. The van der Waals surface area contributed by atoms with E-state index in [1.54, 1.807) is 12.1 Å². The zero-order valence-electron chi connectivity index (χ0n) is 11.9. The first-order chi connectivity index (χ1) is 9.90. The molecule has 0 aliphatic rings. The Morgan fingerprint density at radius 1 is 1.10 bits per heavy atom. The molecule has 6 heteroatoms. The van der Waals surface area contributed by atoms with Gasteiger partial charge in [-0.3, -0.25) is 4.57 Å². The minimum Gasteiger partial charge on any atom is -0.383 e. The lowest BCUT2D eigenvalue weighted by atomic mass is 10.2. The average Bonchev–Trinajstić information content (AvgIpc) is 2.65. The molecule has 0 radical (unpaired) electrons. The number of benzene rings is 1. The fraction of sp³-hybridized carbons (Fsp3) is 0.200. The van der Waals surface area contributed by atoms with Gasteiger partial charge in [0.25, 0.3) is 0 Å². The predicted octanol–water partition coefficient (Wildman–Crippen LogP) is 4.23. The fourth-order valence-corrected chi connectivity index (χ4v) is 2.93. The monoisotopic (exact) mass is 320 g/mol. The van der Waals surface area contributed by atoms with Crippen LogP contribution in [0.4, 0.5) is 5.82 Å². The summed E-state index contributed by atoms with van der Waals surface area (Å²) >= 11 is 12.4. The number of anilines is 1. The van der Waals surface area contributed by atoms with Crippen molar-refractivity contribution < 1.29 is 0 Å². The molecule has 3 aromatic rings. The van der Waals surface area contributed by atoms with Crippen LogP contribution in [0.1, 0.15) is 17.1 Å². The van der Waals surface area contributed by atoms with E-state index in [0.29, 0.717) is 21.7 Å². The molecule has 3 rings (SSSR count). The van der Waals surface area contributed by atoms with Crippen molar-refractivity contribution in [1.29, 1.82) is 0 Å². The van der Waals surface area contributed by atoms with E-state index in [2.05, 4.69) is 9.97 Å². The first-order valence-corrected chi connectivity index (χ1v) is 7.23. The molecule has 2 aromatic heterocycles. The van der Waals surface area contributed by atoms with Gasteiger partial charge in [0, 0.05) is 10.7 Å². The van der Waals surface area contributed by atoms with Gasteiger partial charge in [0.15, 0.2) is 5.65 Å². The molecule has 4 nitrogen and oxygen atoms in total. The Labute approximate surface area is 132 Å². The van der Waals surface area contributed by atoms with E-state index < -0.39 is 0 Å². The molecule has 0 aliphatic carbocycles. The van der Waals surface area contributed by atoms with Crippen molar-refractivity contribution in [3.05, 3.63) is 45.3 Å². The Hall–Kier alpha value is -1.78. The van der Waals surface area contributed by atoms with Crippen LogP contribution in [0.2, 0.25) is 10.0 Å². The highest BCUT2D eigenvalue weighted by atomic mass is 35.5. The molecule has 0 bridgehead atoms. The summed E-state index contributed by atoms with van der Waals surface area (Å²) in [7, 11) is 0. The van der Waals surface area contributed by atoms with E-state index in [9.17, 15) is 0 Å². The van der Waals surface area contributed by atoms with Crippen molar-refractivity contribution in [1.82, 2.24) is 14.5 Å². The third-order valence-corrected chi connectivity index (χ3v) is 4.20. The van der Waals surface area contributed by atoms with E-state index in [1.807, 2.05) is 31.4 Å². The Morgan fingerprint density at radius 3 is 2.52 bits per heavy atom. The molecular weight excluding hydrogens is 307 g/mol. The lowest BCUT2D eigenvalue weighted by Gasteiger charge is -2.11. The summed E-state index contributed by atoms with van der Waals surface area (Å²) < 4.78 is 1.98. The highest BCUT2D eigenvalue weighted by molar-refractivity contribution is 6.34. The molecule has 0 unspecified atom stereocenters. The standard InChI is InChI=1S/C15H14Cl2N4/c1-7-8(2)21(12-6-10(16)4-5-11(12)17)15-13(7)14(18)19-9(3)20-15/h4-6H,1-3H3,(H2,18,19,20). The van der Waals surface area contributed by atoms with Crippen LogP contribution in [0, 0.1) is 20.8 Å². The van der Waals surface area contributed by atoms with Crippen LogP contribution in [-0.2, 0) is 0 Å². The van der Waals surface area contributed by atoms with Crippen LogP contribution >= 0.6 is 23.2 Å². The van der Waals surface area contributed by atoms with Gasteiger partial charge < -0.3 is 5.73 Å². The van der Waals surface area contributed by atoms with Crippen LogP contribution in [0.25, 0.3) is 16.7 Å². The topological polar surface area (TPSA) is 56.7 Å². The summed E-state index contributed by atoms with van der Waals surface area (Å²) in [6, 6.07) is 5.36. The normalized spacial score (nSPS) is 11.3. The van der Waals surface area contributed by atoms with Crippen LogP contribution < -0.4 is 5.73 Å². The number of fused-ring (bicyclic) bond motifs is 1. The molecule has 0 saturated carbocycles. The number of rotatable bonds is 1. The van der Waals surface area contributed by atoms with E-state index in [-0.39, 0.29) is 0 Å². The van der Waals surface area contributed by atoms with Crippen LogP contribution in [0.5, 0.6) is 0 Å². The van der Waals surface area contributed by atoms with Crippen molar-refractivity contribution in [2.75, 3.05) is 5.73 Å². The number of nitrogens with zero attached hydrogens (tertiary/aromatic N) is 3. The first-order valence-electron chi connectivity index (χ1n) is 6.47. The van der Waals surface area contributed by atoms with Gasteiger partial charge in [0.05, 0.1) is 16.1 Å². The molecule has 0 atom stereocenters.